The molecule has 0 saturated heterocycles. The molecule has 0 amide bonds. The van der Waals surface area contributed by atoms with E-state index in [1.54, 1.807) is 6.07 Å². The van der Waals surface area contributed by atoms with Crippen LogP contribution in [0, 0.1) is 0 Å². The van der Waals surface area contributed by atoms with Gasteiger partial charge in [0.1, 0.15) is 5.82 Å². The van der Waals surface area contributed by atoms with Crippen molar-refractivity contribution in [3.8, 4) is 0 Å². The fourth-order valence-corrected chi connectivity index (χ4v) is 2.14. The smallest absolute Gasteiger partial charge is 0.258 e. The van der Waals surface area contributed by atoms with Crippen LogP contribution in [0.15, 0.2) is 59.4 Å². The molecule has 0 bridgehead atoms. The maximum absolute atomic E-state index is 11.9. The highest BCUT2D eigenvalue weighted by molar-refractivity contribution is 5.77. The molecule has 1 aromatic heterocycles. The number of aromatic amines is 1. The van der Waals surface area contributed by atoms with Crippen LogP contribution in [0.25, 0.3) is 10.9 Å². The molecule has 2 aromatic carbocycles. The largest absolute Gasteiger partial charge is 0.309 e. The number of nitrogens with one attached hydrogen (secondary N) is 2. The highest BCUT2D eigenvalue weighted by atomic mass is 16.1. The van der Waals surface area contributed by atoms with Gasteiger partial charge in [-0.2, -0.15) is 0 Å². The molecule has 3 aromatic rings. The molecule has 0 spiro atoms. The molecule has 2 N–H and O–H groups in total. The summed E-state index contributed by atoms with van der Waals surface area (Å²) in [6.07, 6.45) is 0. The number of hydrogen-bond donors (Lipinski definition) is 2. The molecule has 4 nitrogen and oxygen atoms in total. The summed E-state index contributed by atoms with van der Waals surface area (Å²) in [5, 5.41) is 3.90. The molecule has 20 heavy (non-hydrogen) atoms. The first-order chi connectivity index (χ1) is 9.83. The van der Waals surface area contributed by atoms with Crippen LogP contribution in [0.4, 0.5) is 0 Å². The third kappa shape index (κ3) is 2.75. The van der Waals surface area contributed by atoms with Crippen LogP contribution in [-0.2, 0) is 13.1 Å². The zero-order valence-corrected chi connectivity index (χ0v) is 11.0. The molecule has 100 valence electrons. The number of para-hydroxylation sites is 1. The lowest BCUT2D eigenvalue weighted by molar-refractivity contribution is 0.663. The van der Waals surface area contributed by atoms with Crippen molar-refractivity contribution >= 4 is 10.9 Å². The Morgan fingerprint density at radius 2 is 1.70 bits per heavy atom. The second kappa shape index (κ2) is 5.67. The Morgan fingerprint density at radius 3 is 2.55 bits per heavy atom. The van der Waals surface area contributed by atoms with Crippen LogP contribution < -0.4 is 10.9 Å². The zero-order valence-electron chi connectivity index (χ0n) is 11.0. The number of H-pyrrole nitrogens is 1. The average molecular weight is 265 g/mol. The SMILES string of the molecule is O=c1[nH]c(CNCc2ccccc2)nc2ccccc12. The van der Waals surface area contributed by atoms with Gasteiger partial charge in [-0.3, -0.25) is 4.79 Å². The van der Waals surface area contributed by atoms with Crippen molar-refractivity contribution in [1.82, 2.24) is 15.3 Å². The molecule has 0 fully saturated rings. The molecule has 3 rings (SSSR count). The Hall–Kier alpha value is -2.46. The molecule has 0 saturated carbocycles. The van der Waals surface area contributed by atoms with Crippen molar-refractivity contribution in [2.75, 3.05) is 0 Å². The van der Waals surface area contributed by atoms with Crippen LogP contribution in [0.1, 0.15) is 11.4 Å². The molecule has 0 aliphatic heterocycles. The first kappa shape index (κ1) is 12.6. The third-order valence-corrected chi connectivity index (χ3v) is 3.13. The Bertz CT molecular complexity index is 765. The lowest BCUT2D eigenvalue weighted by atomic mass is 10.2. The molecule has 0 radical (unpaired) electrons. The van der Waals surface area contributed by atoms with E-state index in [2.05, 4.69) is 27.4 Å². The summed E-state index contributed by atoms with van der Waals surface area (Å²) < 4.78 is 0. The monoisotopic (exact) mass is 265 g/mol. The molecule has 0 aliphatic rings. The molecule has 4 heteroatoms. The van der Waals surface area contributed by atoms with Gasteiger partial charge < -0.3 is 10.3 Å². The van der Waals surface area contributed by atoms with Gasteiger partial charge in [-0.15, -0.1) is 0 Å². The fraction of sp³-hybridized carbons (Fsp3) is 0.125. The minimum atomic E-state index is -0.0906. The minimum absolute atomic E-state index is 0.0906. The van der Waals surface area contributed by atoms with E-state index in [0.29, 0.717) is 17.8 Å². The summed E-state index contributed by atoms with van der Waals surface area (Å²) in [7, 11) is 0. The predicted octanol–water partition coefficient (Wildman–Crippen LogP) is 2.21. The Morgan fingerprint density at radius 1 is 0.950 bits per heavy atom. The van der Waals surface area contributed by atoms with Gasteiger partial charge in [0.2, 0.25) is 0 Å². The van der Waals surface area contributed by atoms with E-state index < -0.39 is 0 Å². The highest BCUT2D eigenvalue weighted by Gasteiger charge is 2.02. The van der Waals surface area contributed by atoms with Crippen LogP contribution >= 0.6 is 0 Å². The van der Waals surface area contributed by atoms with E-state index in [9.17, 15) is 4.79 Å². The van der Waals surface area contributed by atoms with Gasteiger partial charge in [0.15, 0.2) is 0 Å². The quantitative estimate of drug-likeness (QED) is 0.760. The molecule has 0 aliphatic carbocycles. The number of fused-ring (bicyclic) bond motifs is 1. The fourth-order valence-electron chi connectivity index (χ4n) is 2.14. The highest BCUT2D eigenvalue weighted by Crippen LogP contribution is 2.05. The summed E-state index contributed by atoms with van der Waals surface area (Å²) in [4.78, 5) is 19.2. The Balaban J connectivity index is 1.73. The number of aromatic nitrogens is 2. The Labute approximate surface area is 116 Å². The van der Waals surface area contributed by atoms with Crippen molar-refractivity contribution in [1.29, 1.82) is 0 Å². The summed E-state index contributed by atoms with van der Waals surface area (Å²) in [6.45, 7) is 1.28. The topological polar surface area (TPSA) is 57.8 Å². The third-order valence-electron chi connectivity index (χ3n) is 3.13. The molecular formula is C16H15N3O. The number of rotatable bonds is 4. The van der Waals surface area contributed by atoms with Crippen molar-refractivity contribution in [2.24, 2.45) is 0 Å². The lowest BCUT2D eigenvalue weighted by Gasteiger charge is -2.05. The summed E-state index contributed by atoms with van der Waals surface area (Å²) >= 11 is 0. The van der Waals surface area contributed by atoms with E-state index in [1.165, 1.54) is 5.56 Å². The van der Waals surface area contributed by atoms with Crippen LogP contribution in [0.2, 0.25) is 0 Å². The van der Waals surface area contributed by atoms with E-state index in [4.69, 9.17) is 0 Å². The normalized spacial score (nSPS) is 10.8. The van der Waals surface area contributed by atoms with Gasteiger partial charge in [-0.1, -0.05) is 42.5 Å². The summed E-state index contributed by atoms with van der Waals surface area (Å²) in [6, 6.07) is 17.5. The number of hydrogen-bond acceptors (Lipinski definition) is 3. The standard InChI is InChI=1S/C16H15N3O/c20-16-13-8-4-5-9-14(13)18-15(19-16)11-17-10-12-6-2-1-3-7-12/h1-9,17H,10-11H2,(H,18,19,20). The minimum Gasteiger partial charge on any atom is -0.309 e. The van der Waals surface area contributed by atoms with E-state index >= 15 is 0 Å². The van der Waals surface area contributed by atoms with Crippen LogP contribution in [0.5, 0.6) is 0 Å². The second-order valence-corrected chi connectivity index (χ2v) is 4.62. The van der Waals surface area contributed by atoms with Crippen molar-refractivity contribution in [3.63, 3.8) is 0 Å². The first-order valence-electron chi connectivity index (χ1n) is 6.55. The van der Waals surface area contributed by atoms with Gasteiger partial charge in [-0.05, 0) is 17.7 Å². The van der Waals surface area contributed by atoms with Gasteiger partial charge in [0, 0.05) is 6.54 Å². The lowest BCUT2D eigenvalue weighted by Crippen LogP contribution is -2.19. The molecule has 0 atom stereocenters. The molecule has 0 unspecified atom stereocenters. The summed E-state index contributed by atoms with van der Waals surface area (Å²) in [5.74, 6) is 0.657. The molecular weight excluding hydrogens is 250 g/mol. The Kier molecular flexibility index (Phi) is 3.56. The van der Waals surface area contributed by atoms with Gasteiger partial charge in [0.05, 0.1) is 17.4 Å². The van der Waals surface area contributed by atoms with Gasteiger partial charge >= 0.3 is 0 Å². The maximum Gasteiger partial charge on any atom is 0.258 e. The van der Waals surface area contributed by atoms with Crippen LogP contribution in [-0.4, -0.2) is 9.97 Å². The van der Waals surface area contributed by atoms with Crippen molar-refractivity contribution in [2.45, 2.75) is 13.1 Å². The first-order valence-corrected chi connectivity index (χ1v) is 6.55. The molecule has 1 heterocycles. The summed E-state index contributed by atoms with van der Waals surface area (Å²) in [5.41, 5.74) is 1.84. The van der Waals surface area contributed by atoms with Gasteiger partial charge in [0.25, 0.3) is 5.56 Å². The number of benzene rings is 2. The maximum atomic E-state index is 11.9. The van der Waals surface area contributed by atoms with Crippen molar-refractivity contribution in [3.05, 3.63) is 76.3 Å². The van der Waals surface area contributed by atoms with E-state index in [1.807, 2.05) is 36.4 Å². The number of nitrogens with zero attached hydrogens (tertiary/aromatic N) is 1. The van der Waals surface area contributed by atoms with Crippen LogP contribution in [0.3, 0.4) is 0 Å². The average Bonchev–Trinajstić information content (AvgIpc) is 2.48. The predicted molar refractivity (Wildman–Crippen MR) is 79.3 cm³/mol. The van der Waals surface area contributed by atoms with E-state index in [0.717, 1.165) is 12.1 Å². The zero-order chi connectivity index (χ0) is 13.8. The van der Waals surface area contributed by atoms with Crippen molar-refractivity contribution < 1.29 is 0 Å². The van der Waals surface area contributed by atoms with E-state index in [-0.39, 0.29) is 5.56 Å². The second-order valence-electron chi connectivity index (χ2n) is 4.62. The van der Waals surface area contributed by atoms with Gasteiger partial charge in [-0.25, -0.2) is 4.98 Å².